The topological polar surface area (TPSA) is 54.5 Å². The Hall–Kier alpha value is -2.11. The molecule has 0 unspecified atom stereocenters. The third-order valence-electron chi connectivity index (χ3n) is 3.95. The lowest BCUT2D eigenvalue weighted by molar-refractivity contribution is 0.0819. The van der Waals surface area contributed by atoms with Crippen molar-refractivity contribution in [2.24, 2.45) is 0 Å². The molecule has 1 aromatic carbocycles. The predicted molar refractivity (Wildman–Crippen MR) is 94.1 cm³/mol. The van der Waals surface area contributed by atoms with Crippen LogP contribution >= 0.6 is 11.6 Å². The number of nitrogens with one attached hydrogen (secondary N) is 1. The third-order valence-corrected chi connectivity index (χ3v) is 4.21. The normalized spacial score (nSPS) is 16.8. The average molecular weight is 346 g/mol. The minimum Gasteiger partial charge on any atom is -0.376 e. The molecule has 2 heterocycles. The van der Waals surface area contributed by atoms with Gasteiger partial charge < -0.3 is 15.0 Å². The average Bonchev–Trinajstić information content (AvgIpc) is 3.10. The van der Waals surface area contributed by atoms with Crippen molar-refractivity contribution in [3.63, 3.8) is 0 Å². The van der Waals surface area contributed by atoms with E-state index < -0.39 is 0 Å². The highest BCUT2D eigenvalue weighted by Gasteiger charge is 2.23. The van der Waals surface area contributed by atoms with Gasteiger partial charge in [0.15, 0.2) is 0 Å². The number of ether oxygens (including phenoxy) is 1. The number of hydrogen-bond donors (Lipinski definition) is 1. The molecule has 0 bridgehead atoms. The zero-order valence-electron chi connectivity index (χ0n) is 13.3. The molecule has 0 radical (unpaired) electrons. The first-order chi connectivity index (χ1) is 11.7. The lowest BCUT2D eigenvalue weighted by Crippen LogP contribution is -2.39. The van der Waals surface area contributed by atoms with Crippen LogP contribution in [0.5, 0.6) is 0 Å². The minimum atomic E-state index is -0.148. The number of carbonyl (C=O) groups is 1. The van der Waals surface area contributed by atoms with Crippen molar-refractivity contribution in [2.75, 3.05) is 18.5 Å². The summed E-state index contributed by atoms with van der Waals surface area (Å²) in [7, 11) is 0. The largest absolute Gasteiger partial charge is 0.376 e. The zero-order valence-corrected chi connectivity index (χ0v) is 14.1. The molecule has 1 N–H and O–H groups in total. The van der Waals surface area contributed by atoms with Gasteiger partial charge in [-0.05, 0) is 54.8 Å². The molecule has 1 aliphatic rings. The molecule has 1 aromatic heterocycles. The smallest absolute Gasteiger partial charge is 0.322 e. The second-order valence-electron chi connectivity index (χ2n) is 5.81. The maximum atomic E-state index is 12.7. The Kier molecular flexibility index (Phi) is 5.67. The van der Waals surface area contributed by atoms with Gasteiger partial charge in [-0.15, -0.1) is 0 Å². The number of urea groups is 1. The molecule has 3 rings (SSSR count). The number of pyridine rings is 1. The first-order valence-corrected chi connectivity index (χ1v) is 8.40. The summed E-state index contributed by atoms with van der Waals surface area (Å²) in [5.74, 6) is 0. The Balaban J connectivity index is 1.69. The fraction of sp³-hybridized carbons (Fsp3) is 0.333. The van der Waals surface area contributed by atoms with Crippen LogP contribution in [-0.2, 0) is 11.3 Å². The number of rotatable bonds is 5. The lowest BCUT2D eigenvalue weighted by atomic mass is 10.2. The predicted octanol–water partition coefficient (Wildman–Crippen LogP) is 3.95. The van der Waals surface area contributed by atoms with Crippen LogP contribution in [0.2, 0.25) is 5.02 Å². The van der Waals surface area contributed by atoms with Gasteiger partial charge in [0, 0.05) is 42.8 Å². The fourth-order valence-electron chi connectivity index (χ4n) is 2.70. The van der Waals surface area contributed by atoms with Crippen molar-refractivity contribution < 1.29 is 9.53 Å². The molecule has 1 atom stereocenters. The van der Waals surface area contributed by atoms with Crippen LogP contribution in [0.25, 0.3) is 0 Å². The van der Waals surface area contributed by atoms with Crippen LogP contribution in [-0.4, -0.2) is 35.2 Å². The van der Waals surface area contributed by atoms with Crippen molar-refractivity contribution in [1.82, 2.24) is 9.88 Å². The third kappa shape index (κ3) is 4.69. The highest BCUT2D eigenvalue weighted by Crippen LogP contribution is 2.17. The van der Waals surface area contributed by atoms with Gasteiger partial charge in [-0.25, -0.2) is 4.79 Å². The summed E-state index contributed by atoms with van der Waals surface area (Å²) in [6, 6.07) is 10.8. The van der Waals surface area contributed by atoms with E-state index in [-0.39, 0.29) is 12.1 Å². The maximum Gasteiger partial charge on any atom is 0.322 e. The van der Waals surface area contributed by atoms with Crippen LogP contribution in [0.3, 0.4) is 0 Å². The molecule has 6 heteroatoms. The van der Waals surface area contributed by atoms with Gasteiger partial charge in [0.05, 0.1) is 6.10 Å². The Bertz CT molecular complexity index is 658. The van der Waals surface area contributed by atoms with E-state index in [1.54, 1.807) is 41.6 Å². The monoisotopic (exact) mass is 345 g/mol. The number of halogens is 1. The van der Waals surface area contributed by atoms with Crippen LogP contribution in [0.15, 0.2) is 48.8 Å². The number of aromatic nitrogens is 1. The second-order valence-corrected chi connectivity index (χ2v) is 6.24. The molecule has 1 fully saturated rings. The van der Waals surface area contributed by atoms with Gasteiger partial charge >= 0.3 is 6.03 Å². The first kappa shape index (κ1) is 16.7. The lowest BCUT2D eigenvalue weighted by Gasteiger charge is -2.26. The molecule has 0 spiro atoms. The van der Waals surface area contributed by atoms with Gasteiger partial charge in [-0.1, -0.05) is 11.6 Å². The fourth-order valence-corrected chi connectivity index (χ4v) is 2.82. The van der Waals surface area contributed by atoms with Crippen molar-refractivity contribution in [3.05, 3.63) is 59.4 Å². The highest BCUT2D eigenvalue weighted by atomic mass is 35.5. The van der Waals surface area contributed by atoms with E-state index >= 15 is 0 Å². The van der Waals surface area contributed by atoms with Gasteiger partial charge in [-0.2, -0.15) is 0 Å². The maximum absolute atomic E-state index is 12.7. The molecule has 24 heavy (non-hydrogen) atoms. The summed E-state index contributed by atoms with van der Waals surface area (Å²) < 4.78 is 5.69. The van der Waals surface area contributed by atoms with Crippen LogP contribution < -0.4 is 5.32 Å². The first-order valence-electron chi connectivity index (χ1n) is 8.03. The van der Waals surface area contributed by atoms with Crippen molar-refractivity contribution in [1.29, 1.82) is 0 Å². The quantitative estimate of drug-likeness (QED) is 0.892. The van der Waals surface area contributed by atoms with Gasteiger partial charge in [-0.3, -0.25) is 4.98 Å². The number of hydrogen-bond acceptors (Lipinski definition) is 3. The molecule has 0 saturated carbocycles. The van der Waals surface area contributed by atoms with Crippen LogP contribution in [0, 0.1) is 0 Å². The summed E-state index contributed by atoms with van der Waals surface area (Å²) in [5, 5.41) is 3.56. The molecule has 2 amide bonds. The number of anilines is 1. The Morgan fingerprint density at radius 3 is 2.67 bits per heavy atom. The number of carbonyl (C=O) groups excluding carboxylic acids is 1. The molecule has 2 aromatic rings. The molecule has 5 nitrogen and oxygen atoms in total. The molecule has 126 valence electrons. The SMILES string of the molecule is O=C(Nc1ccc(Cl)cc1)N(Cc1ccncc1)C[C@H]1CCCO1. The standard InChI is InChI=1S/C18H20ClN3O2/c19-15-3-5-16(6-4-15)21-18(23)22(13-17-2-1-11-24-17)12-14-7-9-20-10-8-14/h3-10,17H,1-2,11-13H2,(H,21,23)/t17-/m1/s1. The summed E-state index contributed by atoms with van der Waals surface area (Å²) >= 11 is 5.89. The van der Waals surface area contributed by atoms with E-state index in [1.807, 2.05) is 12.1 Å². The summed E-state index contributed by atoms with van der Waals surface area (Å²) in [6.07, 6.45) is 5.60. The summed E-state index contributed by atoms with van der Waals surface area (Å²) in [4.78, 5) is 18.5. The van der Waals surface area contributed by atoms with Crippen molar-refractivity contribution >= 4 is 23.3 Å². The molecule has 0 aliphatic carbocycles. The Morgan fingerprint density at radius 1 is 1.25 bits per heavy atom. The molecular weight excluding hydrogens is 326 g/mol. The van der Waals surface area contributed by atoms with Gasteiger partial charge in [0.25, 0.3) is 0 Å². The highest BCUT2D eigenvalue weighted by molar-refractivity contribution is 6.30. The van der Waals surface area contributed by atoms with E-state index in [1.165, 1.54) is 0 Å². The van der Waals surface area contributed by atoms with E-state index in [2.05, 4.69) is 10.3 Å². The zero-order chi connectivity index (χ0) is 16.8. The van der Waals surface area contributed by atoms with Crippen molar-refractivity contribution in [3.8, 4) is 0 Å². The number of amides is 2. The van der Waals surface area contributed by atoms with E-state index in [9.17, 15) is 4.79 Å². The van der Waals surface area contributed by atoms with Crippen molar-refractivity contribution in [2.45, 2.75) is 25.5 Å². The Morgan fingerprint density at radius 2 is 2.00 bits per heavy atom. The van der Waals surface area contributed by atoms with Gasteiger partial charge in [0.2, 0.25) is 0 Å². The van der Waals surface area contributed by atoms with Crippen LogP contribution in [0.4, 0.5) is 10.5 Å². The molecular formula is C18H20ClN3O2. The molecule has 1 saturated heterocycles. The van der Waals surface area contributed by atoms with E-state index in [0.717, 1.165) is 30.7 Å². The number of nitrogens with zero attached hydrogens (tertiary/aromatic N) is 2. The molecule has 1 aliphatic heterocycles. The van der Waals surface area contributed by atoms with Crippen LogP contribution in [0.1, 0.15) is 18.4 Å². The summed E-state index contributed by atoms with van der Waals surface area (Å²) in [6.45, 7) is 1.86. The van der Waals surface area contributed by atoms with E-state index in [4.69, 9.17) is 16.3 Å². The van der Waals surface area contributed by atoms with Gasteiger partial charge in [0.1, 0.15) is 0 Å². The second kappa shape index (κ2) is 8.13. The Labute approximate surface area is 146 Å². The minimum absolute atomic E-state index is 0.0998. The number of benzene rings is 1. The summed E-state index contributed by atoms with van der Waals surface area (Å²) in [5.41, 5.74) is 1.76. The van der Waals surface area contributed by atoms with E-state index in [0.29, 0.717) is 18.1 Å².